The van der Waals surface area contributed by atoms with E-state index in [4.69, 9.17) is 10.2 Å². The second-order valence-electron chi connectivity index (χ2n) is 2.96. The van der Waals surface area contributed by atoms with Gasteiger partial charge in [0.1, 0.15) is 0 Å². The molecule has 2 heterocycles. The van der Waals surface area contributed by atoms with E-state index >= 15 is 0 Å². The largest absolute Gasteiger partial charge is 0.390 e. The first kappa shape index (κ1) is 8.27. The van der Waals surface area contributed by atoms with Crippen molar-refractivity contribution in [1.29, 1.82) is 0 Å². The van der Waals surface area contributed by atoms with Crippen molar-refractivity contribution < 1.29 is 14.6 Å². The van der Waals surface area contributed by atoms with Crippen molar-refractivity contribution in [3.63, 3.8) is 0 Å². The summed E-state index contributed by atoms with van der Waals surface area (Å²) in [5.74, 6) is 0. The number of hydrogen-bond donors (Lipinski definition) is 3. The number of nitrogens with zero attached hydrogens (tertiary/aromatic N) is 3. The van der Waals surface area contributed by atoms with Gasteiger partial charge in [-0.25, -0.2) is 0 Å². The van der Waals surface area contributed by atoms with Crippen molar-refractivity contribution in [2.24, 2.45) is 0 Å². The summed E-state index contributed by atoms with van der Waals surface area (Å²) in [4.78, 5) is 1.58. The minimum Gasteiger partial charge on any atom is -0.390 e. The minimum absolute atomic E-state index is 0.0223. The summed E-state index contributed by atoms with van der Waals surface area (Å²) >= 11 is 0. The highest BCUT2D eigenvalue weighted by molar-refractivity contribution is 5.30. The third-order valence-electron chi connectivity index (χ3n) is 1.96. The Morgan fingerprint density at radius 2 is 1.92 bits per heavy atom. The Morgan fingerprint density at radius 3 is 2.38 bits per heavy atom. The molecule has 0 aliphatic carbocycles. The Labute approximate surface area is 73.8 Å². The first-order valence-electron chi connectivity index (χ1n) is 3.87. The summed E-state index contributed by atoms with van der Waals surface area (Å²) in [6.45, 7) is 0.561. The predicted molar refractivity (Wildman–Crippen MR) is 42.9 cm³/mol. The van der Waals surface area contributed by atoms with Gasteiger partial charge < -0.3 is 25.3 Å². The molecular weight excluding hydrogens is 176 g/mol. The van der Waals surface area contributed by atoms with Crippen LogP contribution in [0.3, 0.4) is 0 Å². The Bertz CT molecular complexity index is 292. The Morgan fingerprint density at radius 1 is 1.31 bits per heavy atom. The third kappa shape index (κ3) is 1.43. The quantitative estimate of drug-likeness (QED) is 0.474. The van der Waals surface area contributed by atoms with Gasteiger partial charge in [-0.05, 0) is 0 Å². The lowest BCUT2D eigenvalue weighted by atomic mass is 10.3. The van der Waals surface area contributed by atoms with E-state index in [1.54, 1.807) is 4.90 Å². The summed E-state index contributed by atoms with van der Waals surface area (Å²) in [5, 5.41) is 25.5. The summed E-state index contributed by atoms with van der Waals surface area (Å²) in [6, 6.07) is 0.207. The van der Waals surface area contributed by atoms with Gasteiger partial charge in [-0.1, -0.05) is 10.2 Å². The molecule has 1 aromatic heterocycles. The van der Waals surface area contributed by atoms with E-state index in [1.165, 1.54) is 0 Å². The van der Waals surface area contributed by atoms with Crippen molar-refractivity contribution in [1.82, 2.24) is 10.2 Å². The van der Waals surface area contributed by atoms with Crippen molar-refractivity contribution >= 4 is 12.0 Å². The molecule has 0 spiro atoms. The van der Waals surface area contributed by atoms with Crippen LogP contribution in [0.5, 0.6) is 0 Å². The summed E-state index contributed by atoms with van der Waals surface area (Å²) < 4.78 is 4.92. The molecule has 1 aliphatic rings. The van der Waals surface area contributed by atoms with E-state index in [1.807, 2.05) is 0 Å². The number of aromatic nitrogens is 2. The number of β-amino-alcohol motifs (C(OH)–C–C–N with tert-alkyl or cyclic N) is 2. The molecule has 13 heavy (non-hydrogen) atoms. The van der Waals surface area contributed by atoms with Gasteiger partial charge in [0.15, 0.2) is 0 Å². The summed E-state index contributed by atoms with van der Waals surface area (Å²) in [5.41, 5.74) is 5.22. The highest BCUT2D eigenvalue weighted by atomic mass is 16.4. The minimum atomic E-state index is -0.770. The van der Waals surface area contributed by atoms with Gasteiger partial charge in [-0.2, -0.15) is 0 Å². The second kappa shape index (κ2) is 2.86. The zero-order valence-corrected chi connectivity index (χ0v) is 6.79. The maximum Gasteiger partial charge on any atom is 0.319 e. The van der Waals surface area contributed by atoms with Crippen LogP contribution < -0.4 is 10.6 Å². The SMILES string of the molecule is Nc1nnc(N2CC(O)C(O)C2)o1. The fourth-order valence-electron chi connectivity index (χ4n) is 1.28. The predicted octanol–water partition coefficient (Wildman–Crippen LogP) is -1.81. The lowest BCUT2D eigenvalue weighted by Crippen LogP contribution is -2.22. The van der Waals surface area contributed by atoms with Crippen LogP contribution in [0.4, 0.5) is 12.0 Å². The fraction of sp³-hybridized carbons (Fsp3) is 0.667. The lowest BCUT2D eigenvalue weighted by Gasteiger charge is -2.09. The molecule has 0 bridgehead atoms. The first-order chi connectivity index (χ1) is 6.16. The summed E-state index contributed by atoms with van der Waals surface area (Å²) in [7, 11) is 0. The second-order valence-corrected chi connectivity index (χ2v) is 2.96. The van der Waals surface area contributed by atoms with Crippen molar-refractivity contribution in [2.75, 3.05) is 23.7 Å². The Hall–Kier alpha value is -1.34. The average Bonchev–Trinajstić information content (AvgIpc) is 2.61. The number of nitrogens with two attached hydrogens (primary N) is 1. The van der Waals surface area contributed by atoms with E-state index < -0.39 is 12.2 Å². The molecule has 72 valence electrons. The number of anilines is 2. The average molecular weight is 186 g/mol. The van der Waals surface area contributed by atoms with Crippen LogP contribution >= 0.6 is 0 Å². The number of hydrogen-bond acceptors (Lipinski definition) is 7. The highest BCUT2D eigenvalue weighted by Crippen LogP contribution is 2.19. The lowest BCUT2D eigenvalue weighted by molar-refractivity contribution is 0.0572. The Kier molecular flexibility index (Phi) is 1.82. The molecule has 0 saturated carbocycles. The van der Waals surface area contributed by atoms with Gasteiger partial charge >= 0.3 is 12.0 Å². The molecule has 0 radical (unpaired) electrons. The van der Waals surface area contributed by atoms with Crippen LogP contribution in [0.25, 0.3) is 0 Å². The summed E-state index contributed by atoms with van der Waals surface area (Å²) in [6.07, 6.45) is -1.54. The molecule has 2 atom stereocenters. The van der Waals surface area contributed by atoms with Gasteiger partial charge in [0, 0.05) is 0 Å². The van der Waals surface area contributed by atoms with E-state index in [0.717, 1.165) is 0 Å². The molecule has 1 saturated heterocycles. The van der Waals surface area contributed by atoms with E-state index in [-0.39, 0.29) is 25.1 Å². The molecular formula is C6H10N4O3. The van der Waals surface area contributed by atoms with E-state index in [9.17, 15) is 10.2 Å². The topological polar surface area (TPSA) is 109 Å². The number of aliphatic hydroxyl groups excluding tert-OH is 2. The number of nitrogen functional groups attached to an aromatic ring is 1. The van der Waals surface area contributed by atoms with Crippen molar-refractivity contribution in [2.45, 2.75) is 12.2 Å². The van der Waals surface area contributed by atoms with Crippen LogP contribution in [0.2, 0.25) is 0 Å². The molecule has 0 aromatic carbocycles. The fourth-order valence-corrected chi connectivity index (χ4v) is 1.28. The van der Waals surface area contributed by atoms with E-state index in [2.05, 4.69) is 10.2 Å². The van der Waals surface area contributed by atoms with Crippen molar-refractivity contribution in [3.05, 3.63) is 0 Å². The number of rotatable bonds is 1. The van der Waals surface area contributed by atoms with Gasteiger partial charge in [0.25, 0.3) is 0 Å². The highest BCUT2D eigenvalue weighted by Gasteiger charge is 2.32. The maximum atomic E-state index is 9.22. The molecule has 7 nitrogen and oxygen atoms in total. The van der Waals surface area contributed by atoms with Crippen LogP contribution in [-0.2, 0) is 0 Å². The Balaban J connectivity index is 2.11. The molecule has 0 amide bonds. The molecule has 2 unspecified atom stereocenters. The van der Waals surface area contributed by atoms with E-state index in [0.29, 0.717) is 0 Å². The van der Waals surface area contributed by atoms with Gasteiger partial charge in [-0.3, -0.25) is 0 Å². The van der Waals surface area contributed by atoms with Crippen LogP contribution in [0, 0.1) is 0 Å². The van der Waals surface area contributed by atoms with Crippen LogP contribution in [0.15, 0.2) is 4.42 Å². The zero-order chi connectivity index (χ0) is 9.42. The normalized spacial score (nSPS) is 28.3. The van der Waals surface area contributed by atoms with Crippen LogP contribution in [-0.4, -0.2) is 45.7 Å². The van der Waals surface area contributed by atoms with Crippen LogP contribution in [0.1, 0.15) is 0 Å². The van der Waals surface area contributed by atoms with Gasteiger partial charge in [0.2, 0.25) is 0 Å². The van der Waals surface area contributed by atoms with Gasteiger partial charge in [-0.15, -0.1) is 0 Å². The molecule has 1 aliphatic heterocycles. The monoisotopic (exact) mass is 186 g/mol. The molecule has 4 N–H and O–H groups in total. The maximum absolute atomic E-state index is 9.22. The van der Waals surface area contributed by atoms with Crippen molar-refractivity contribution in [3.8, 4) is 0 Å². The molecule has 1 fully saturated rings. The van der Waals surface area contributed by atoms with Gasteiger partial charge in [0.05, 0.1) is 25.3 Å². The smallest absolute Gasteiger partial charge is 0.319 e. The standard InChI is InChI=1S/C6H10N4O3/c7-5-8-9-6(13-5)10-1-3(11)4(12)2-10/h3-4,11-12H,1-2H2,(H2,7,8). The zero-order valence-electron chi connectivity index (χ0n) is 6.79. The first-order valence-corrected chi connectivity index (χ1v) is 3.87. The molecule has 1 aromatic rings. The number of aliphatic hydroxyl groups is 2. The molecule has 7 heteroatoms. The third-order valence-corrected chi connectivity index (χ3v) is 1.96. The molecule has 2 rings (SSSR count).